The highest BCUT2D eigenvalue weighted by atomic mass is 19.4. The number of hydrogen-bond donors (Lipinski definition) is 1. The Morgan fingerprint density at radius 3 is 2.67 bits per heavy atom. The van der Waals surface area contributed by atoms with Crippen molar-refractivity contribution in [3.8, 4) is 5.75 Å². The fraction of sp³-hybridized carbons (Fsp3) is 0.333. The molecule has 0 bridgehead atoms. The molecule has 114 valence electrons. The second-order valence-corrected chi connectivity index (χ2v) is 4.43. The van der Waals surface area contributed by atoms with Crippen LogP contribution in [-0.4, -0.2) is 6.54 Å². The summed E-state index contributed by atoms with van der Waals surface area (Å²) in [7, 11) is 0. The van der Waals surface area contributed by atoms with Gasteiger partial charge in [0.1, 0.15) is 18.1 Å². The lowest BCUT2D eigenvalue weighted by Gasteiger charge is -2.13. The molecule has 0 aliphatic heterocycles. The highest BCUT2D eigenvalue weighted by Gasteiger charge is 2.34. The molecule has 2 aromatic rings. The van der Waals surface area contributed by atoms with Gasteiger partial charge in [-0.2, -0.15) is 13.2 Å². The first-order valence-corrected chi connectivity index (χ1v) is 6.57. The minimum atomic E-state index is -4.43. The highest BCUT2D eigenvalue weighted by Crippen LogP contribution is 2.36. The third-order valence-corrected chi connectivity index (χ3v) is 2.95. The summed E-state index contributed by atoms with van der Waals surface area (Å²) in [6.45, 7) is 3.28. The van der Waals surface area contributed by atoms with Crippen molar-refractivity contribution in [2.75, 3.05) is 6.54 Å². The molecule has 6 heteroatoms. The standard InChI is InChI=1S/C15H16F3NO2/c1-2-19-9-14-11(7-8-20-14)10-21-13-6-4-3-5-12(13)15(16,17)18/h3-8,19H,2,9-10H2,1H3. The third kappa shape index (κ3) is 4.01. The van der Waals surface area contributed by atoms with Crippen LogP contribution in [0.15, 0.2) is 41.0 Å². The van der Waals surface area contributed by atoms with Crippen LogP contribution in [-0.2, 0) is 19.3 Å². The van der Waals surface area contributed by atoms with Crippen LogP contribution in [0.5, 0.6) is 5.75 Å². The molecule has 0 aliphatic rings. The topological polar surface area (TPSA) is 34.4 Å². The van der Waals surface area contributed by atoms with Gasteiger partial charge in [0.2, 0.25) is 0 Å². The zero-order valence-corrected chi connectivity index (χ0v) is 11.5. The van der Waals surface area contributed by atoms with Gasteiger partial charge in [-0.05, 0) is 24.7 Å². The van der Waals surface area contributed by atoms with Gasteiger partial charge >= 0.3 is 6.18 Å². The zero-order chi connectivity index (χ0) is 15.3. The van der Waals surface area contributed by atoms with E-state index in [-0.39, 0.29) is 12.4 Å². The predicted molar refractivity (Wildman–Crippen MR) is 71.9 cm³/mol. The summed E-state index contributed by atoms with van der Waals surface area (Å²) in [6.07, 6.45) is -2.93. The number of alkyl halides is 3. The van der Waals surface area contributed by atoms with Crippen LogP contribution in [0.25, 0.3) is 0 Å². The van der Waals surface area contributed by atoms with Crippen LogP contribution in [0.3, 0.4) is 0 Å². The quantitative estimate of drug-likeness (QED) is 0.876. The molecule has 0 atom stereocenters. The van der Waals surface area contributed by atoms with E-state index in [1.807, 2.05) is 6.92 Å². The van der Waals surface area contributed by atoms with E-state index in [2.05, 4.69) is 5.32 Å². The summed E-state index contributed by atoms with van der Waals surface area (Å²) in [4.78, 5) is 0. The van der Waals surface area contributed by atoms with Crippen molar-refractivity contribution in [1.82, 2.24) is 5.32 Å². The first-order chi connectivity index (χ1) is 10.0. The van der Waals surface area contributed by atoms with Crippen molar-refractivity contribution in [2.45, 2.75) is 26.3 Å². The molecule has 21 heavy (non-hydrogen) atoms. The van der Waals surface area contributed by atoms with Crippen LogP contribution in [0.4, 0.5) is 13.2 Å². The van der Waals surface area contributed by atoms with E-state index in [1.165, 1.54) is 24.5 Å². The Labute approximate surface area is 120 Å². The lowest BCUT2D eigenvalue weighted by atomic mass is 10.2. The van der Waals surface area contributed by atoms with Gasteiger partial charge in [-0.15, -0.1) is 0 Å². The van der Waals surface area contributed by atoms with Crippen molar-refractivity contribution in [3.63, 3.8) is 0 Å². The van der Waals surface area contributed by atoms with Gasteiger partial charge in [-0.1, -0.05) is 19.1 Å². The molecule has 3 nitrogen and oxygen atoms in total. The molecule has 1 N–H and O–H groups in total. The molecular weight excluding hydrogens is 283 g/mol. The van der Waals surface area contributed by atoms with Crippen molar-refractivity contribution in [1.29, 1.82) is 0 Å². The third-order valence-electron chi connectivity index (χ3n) is 2.95. The second-order valence-electron chi connectivity index (χ2n) is 4.43. The molecule has 0 fully saturated rings. The van der Waals surface area contributed by atoms with Gasteiger partial charge in [-0.3, -0.25) is 0 Å². The fourth-order valence-corrected chi connectivity index (χ4v) is 1.87. The molecule has 0 radical (unpaired) electrons. The summed E-state index contributed by atoms with van der Waals surface area (Å²) in [5.74, 6) is 0.488. The van der Waals surface area contributed by atoms with E-state index in [0.717, 1.165) is 18.2 Å². The van der Waals surface area contributed by atoms with Gasteiger partial charge in [-0.25, -0.2) is 0 Å². The summed E-state index contributed by atoms with van der Waals surface area (Å²) in [6, 6.07) is 6.86. The second kappa shape index (κ2) is 6.67. The van der Waals surface area contributed by atoms with Gasteiger partial charge in [0.15, 0.2) is 0 Å². The number of para-hydroxylation sites is 1. The maximum Gasteiger partial charge on any atom is 0.419 e. The molecule has 1 aromatic heterocycles. The molecule has 1 heterocycles. The first-order valence-electron chi connectivity index (χ1n) is 6.57. The number of rotatable bonds is 6. The number of benzene rings is 1. The number of furan rings is 1. The minimum absolute atomic E-state index is 0.0321. The van der Waals surface area contributed by atoms with Crippen LogP contribution >= 0.6 is 0 Å². The predicted octanol–water partition coefficient (Wildman–Crippen LogP) is 3.99. The smallest absolute Gasteiger partial charge is 0.419 e. The Balaban J connectivity index is 2.09. The number of nitrogens with one attached hydrogen (secondary N) is 1. The molecule has 0 unspecified atom stereocenters. The largest absolute Gasteiger partial charge is 0.488 e. The lowest BCUT2D eigenvalue weighted by molar-refractivity contribution is -0.139. The maximum absolute atomic E-state index is 12.9. The maximum atomic E-state index is 12.9. The van der Waals surface area contributed by atoms with E-state index >= 15 is 0 Å². The Kier molecular flexibility index (Phi) is 4.90. The average molecular weight is 299 g/mol. The Bertz CT molecular complexity index is 578. The van der Waals surface area contributed by atoms with Crippen LogP contribution < -0.4 is 10.1 Å². The van der Waals surface area contributed by atoms with E-state index in [0.29, 0.717) is 12.3 Å². The van der Waals surface area contributed by atoms with E-state index in [9.17, 15) is 13.2 Å². The van der Waals surface area contributed by atoms with Gasteiger partial charge < -0.3 is 14.5 Å². The van der Waals surface area contributed by atoms with Crippen LogP contribution in [0.2, 0.25) is 0 Å². The van der Waals surface area contributed by atoms with Crippen molar-refractivity contribution < 1.29 is 22.3 Å². The zero-order valence-electron chi connectivity index (χ0n) is 11.5. The van der Waals surface area contributed by atoms with E-state index in [1.54, 1.807) is 6.07 Å². The molecule has 0 spiro atoms. The molecular formula is C15H16F3NO2. The monoisotopic (exact) mass is 299 g/mol. The summed E-state index contributed by atoms with van der Waals surface area (Å²) < 4.78 is 49.2. The van der Waals surface area contributed by atoms with Crippen molar-refractivity contribution >= 4 is 0 Å². The minimum Gasteiger partial charge on any atom is -0.488 e. The number of hydrogen-bond acceptors (Lipinski definition) is 3. The van der Waals surface area contributed by atoms with E-state index in [4.69, 9.17) is 9.15 Å². The molecule has 0 saturated carbocycles. The van der Waals surface area contributed by atoms with Gasteiger partial charge in [0, 0.05) is 5.56 Å². The fourth-order valence-electron chi connectivity index (χ4n) is 1.87. The van der Waals surface area contributed by atoms with Crippen LogP contribution in [0, 0.1) is 0 Å². The van der Waals surface area contributed by atoms with Crippen molar-refractivity contribution in [2.24, 2.45) is 0 Å². The number of ether oxygens (including phenoxy) is 1. The lowest BCUT2D eigenvalue weighted by Crippen LogP contribution is -2.13. The van der Waals surface area contributed by atoms with E-state index < -0.39 is 11.7 Å². The van der Waals surface area contributed by atoms with Gasteiger partial charge in [0.05, 0.1) is 18.4 Å². The van der Waals surface area contributed by atoms with Crippen molar-refractivity contribution in [3.05, 3.63) is 53.5 Å². The molecule has 0 saturated heterocycles. The molecule has 2 rings (SSSR count). The Hall–Kier alpha value is -1.95. The molecule has 0 aliphatic carbocycles. The van der Waals surface area contributed by atoms with Gasteiger partial charge in [0.25, 0.3) is 0 Å². The molecule has 1 aromatic carbocycles. The molecule has 0 amide bonds. The normalized spacial score (nSPS) is 11.6. The summed E-state index contributed by atoms with van der Waals surface area (Å²) >= 11 is 0. The van der Waals surface area contributed by atoms with Crippen LogP contribution in [0.1, 0.15) is 23.8 Å². The average Bonchev–Trinajstić information content (AvgIpc) is 2.89. The summed E-state index contributed by atoms with van der Waals surface area (Å²) in [5.41, 5.74) is -0.0466. The first kappa shape index (κ1) is 15.4. The summed E-state index contributed by atoms with van der Waals surface area (Å²) in [5, 5.41) is 3.10. The SMILES string of the molecule is CCNCc1occc1COc1ccccc1C(F)(F)F. The Morgan fingerprint density at radius 1 is 1.19 bits per heavy atom. The number of halogens is 3. The Morgan fingerprint density at radius 2 is 1.95 bits per heavy atom. The highest BCUT2D eigenvalue weighted by molar-refractivity contribution is 5.35.